The summed E-state index contributed by atoms with van der Waals surface area (Å²) in [6, 6.07) is 7.60. The van der Waals surface area contributed by atoms with E-state index in [-0.39, 0.29) is 5.41 Å². The summed E-state index contributed by atoms with van der Waals surface area (Å²) in [6.45, 7) is 6.26. The Hall–Kier alpha value is -0.930. The third kappa shape index (κ3) is 4.01. The summed E-state index contributed by atoms with van der Waals surface area (Å²) < 4.78 is 0. The highest BCUT2D eigenvalue weighted by Crippen LogP contribution is 2.13. The first-order valence-electron chi connectivity index (χ1n) is 4.26. The maximum absolute atomic E-state index is 5.83. The van der Waals surface area contributed by atoms with Gasteiger partial charge in [-0.3, -0.25) is 0 Å². The number of benzene rings is 1. The SMILES string of the molecule is CC(C)(C)C#Cc1cccc(Cl)c1. The van der Waals surface area contributed by atoms with Crippen LogP contribution in [0.15, 0.2) is 24.3 Å². The Kier molecular flexibility index (Phi) is 3.01. The summed E-state index contributed by atoms with van der Waals surface area (Å²) in [5.74, 6) is 6.25. The predicted octanol–water partition coefficient (Wildman–Crippen LogP) is 3.74. The lowest BCUT2D eigenvalue weighted by Gasteiger charge is -2.06. The van der Waals surface area contributed by atoms with Gasteiger partial charge in [-0.15, -0.1) is 0 Å². The van der Waals surface area contributed by atoms with Crippen LogP contribution < -0.4 is 0 Å². The molecule has 1 rings (SSSR count). The molecule has 1 heteroatoms. The van der Waals surface area contributed by atoms with Crippen LogP contribution in [0.4, 0.5) is 0 Å². The molecule has 0 spiro atoms. The Bertz CT molecular complexity index is 347. The van der Waals surface area contributed by atoms with Crippen LogP contribution in [0.3, 0.4) is 0 Å². The van der Waals surface area contributed by atoms with Crippen LogP contribution >= 0.6 is 11.6 Å². The maximum Gasteiger partial charge on any atom is 0.0418 e. The summed E-state index contributed by atoms with van der Waals surface area (Å²) >= 11 is 5.83. The normalized spacial score (nSPS) is 10.5. The van der Waals surface area contributed by atoms with Gasteiger partial charge in [0.05, 0.1) is 0 Å². The molecule has 68 valence electrons. The van der Waals surface area contributed by atoms with Crippen molar-refractivity contribution in [3.8, 4) is 11.8 Å². The summed E-state index contributed by atoms with van der Waals surface area (Å²) in [6.07, 6.45) is 0. The van der Waals surface area contributed by atoms with Crippen molar-refractivity contribution in [3.05, 3.63) is 34.9 Å². The van der Waals surface area contributed by atoms with Crippen molar-refractivity contribution in [1.29, 1.82) is 0 Å². The van der Waals surface area contributed by atoms with E-state index in [0.29, 0.717) is 0 Å². The van der Waals surface area contributed by atoms with E-state index >= 15 is 0 Å². The minimum atomic E-state index is 0.0440. The van der Waals surface area contributed by atoms with Gasteiger partial charge >= 0.3 is 0 Å². The van der Waals surface area contributed by atoms with Crippen molar-refractivity contribution in [2.45, 2.75) is 20.8 Å². The van der Waals surface area contributed by atoms with Crippen molar-refractivity contribution < 1.29 is 0 Å². The summed E-state index contributed by atoms with van der Waals surface area (Å²) in [5, 5.41) is 0.737. The van der Waals surface area contributed by atoms with Crippen LogP contribution in [0.5, 0.6) is 0 Å². The Balaban J connectivity index is 2.90. The quantitative estimate of drug-likeness (QED) is 0.550. The number of rotatable bonds is 0. The fourth-order valence-corrected chi connectivity index (χ4v) is 1.02. The first kappa shape index (κ1) is 10.2. The smallest absolute Gasteiger partial charge is 0.0418 e. The van der Waals surface area contributed by atoms with E-state index in [4.69, 9.17) is 11.6 Å². The Morgan fingerprint density at radius 3 is 2.46 bits per heavy atom. The first-order chi connectivity index (χ1) is 5.97. The zero-order valence-electron chi connectivity index (χ0n) is 8.19. The molecule has 1 aromatic rings. The molecule has 0 aliphatic rings. The van der Waals surface area contributed by atoms with Gasteiger partial charge in [0, 0.05) is 16.0 Å². The van der Waals surface area contributed by atoms with E-state index < -0.39 is 0 Å². The van der Waals surface area contributed by atoms with E-state index in [1.54, 1.807) is 0 Å². The first-order valence-corrected chi connectivity index (χ1v) is 4.64. The minimum Gasteiger partial charge on any atom is -0.0920 e. The molecular formula is C12H13Cl. The molecule has 0 nitrogen and oxygen atoms in total. The standard InChI is InChI=1S/C12H13Cl/c1-12(2,3)8-7-10-5-4-6-11(13)9-10/h4-6,9H,1-3H3. The van der Waals surface area contributed by atoms with Gasteiger partial charge in [0.25, 0.3) is 0 Å². The Morgan fingerprint density at radius 1 is 1.23 bits per heavy atom. The van der Waals surface area contributed by atoms with Crippen molar-refractivity contribution in [2.24, 2.45) is 5.41 Å². The van der Waals surface area contributed by atoms with Crippen molar-refractivity contribution >= 4 is 11.6 Å². The highest BCUT2D eigenvalue weighted by Gasteiger charge is 2.03. The molecule has 0 unspecified atom stereocenters. The highest BCUT2D eigenvalue weighted by molar-refractivity contribution is 6.30. The monoisotopic (exact) mass is 192 g/mol. The molecular weight excluding hydrogens is 180 g/mol. The second kappa shape index (κ2) is 3.85. The van der Waals surface area contributed by atoms with Crippen LogP contribution in [-0.4, -0.2) is 0 Å². The predicted molar refractivity (Wildman–Crippen MR) is 57.8 cm³/mol. The van der Waals surface area contributed by atoms with Crippen LogP contribution in [-0.2, 0) is 0 Å². The number of halogens is 1. The van der Waals surface area contributed by atoms with Gasteiger partial charge in [-0.05, 0) is 39.0 Å². The lowest BCUT2D eigenvalue weighted by Crippen LogP contribution is -1.99. The van der Waals surface area contributed by atoms with E-state index in [2.05, 4.69) is 32.6 Å². The molecule has 0 radical (unpaired) electrons. The van der Waals surface area contributed by atoms with Gasteiger partial charge in [-0.2, -0.15) is 0 Å². The molecule has 0 aliphatic heterocycles. The summed E-state index contributed by atoms with van der Waals surface area (Å²) in [5.41, 5.74) is 1.02. The highest BCUT2D eigenvalue weighted by atomic mass is 35.5. The summed E-state index contributed by atoms with van der Waals surface area (Å²) in [4.78, 5) is 0. The molecule has 0 saturated carbocycles. The topological polar surface area (TPSA) is 0 Å². The molecule has 0 aliphatic carbocycles. The third-order valence-electron chi connectivity index (χ3n) is 1.41. The zero-order valence-corrected chi connectivity index (χ0v) is 8.94. The zero-order chi connectivity index (χ0) is 9.90. The van der Waals surface area contributed by atoms with E-state index in [1.807, 2.05) is 24.3 Å². The second-order valence-electron chi connectivity index (χ2n) is 4.01. The fraction of sp³-hybridized carbons (Fsp3) is 0.333. The molecule has 0 bridgehead atoms. The Morgan fingerprint density at radius 2 is 1.92 bits per heavy atom. The molecule has 0 aromatic heterocycles. The molecule has 0 saturated heterocycles. The van der Waals surface area contributed by atoms with Crippen molar-refractivity contribution in [2.75, 3.05) is 0 Å². The van der Waals surface area contributed by atoms with Gasteiger partial charge in [0.1, 0.15) is 0 Å². The van der Waals surface area contributed by atoms with Gasteiger partial charge in [-0.25, -0.2) is 0 Å². The Labute approximate surface area is 84.9 Å². The lowest BCUT2D eigenvalue weighted by atomic mass is 9.97. The van der Waals surface area contributed by atoms with Gasteiger partial charge in [0.2, 0.25) is 0 Å². The minimum absolute atomic E-state index is 0.0440. The van der Waals surface area contributed by atoms with Crippen LogP contribution in [0.1, 0.15) is 26.3 Å². The molecule has 0 fully saturated rings. The van der Waals surface area contributed by atoms with Crippen LogP contribution in [0.25, 0.3) is 0 Å². The number of hydrogen-bond acceptors (Lipinski definition) is 0. The molecule has 0 atom stereocenters. The average Bonchev–Trinajstić information content (AvgIpc) is 2.00. The van der Waals surface area contributed by atoms with Crippen LogP contribution in [0.2, 0.25) is 5.02 Å². The largest absolute Gasteiger partial charge is 0.0920 e. The molecule has 0 amide bonds. The third-order valence-corrected chi connectivity index (χ3v) is 1.64. The fourth-order valence-electron chi connectivity index (χ4n) is 0.826. The second-order valence-corrected chi connectivity index (χ2v) is 4.45. The van der Waals surface area contributed by atoms with E-state index in [1.165, 1.54) is 0 Å². The van der Waals surface area contributed by atoms with E-state index in [9.17, 15) is 0 Å². The molecule has 1 aromatic carbocycles. The van der Waals surface area contributed by atoms with Crippen molar-refractivity contribution in [3.63, 3.8) is 0 Å². The maximum atomic E-state index is 5.83. The average molecular weight is 193 g/mol. The van der Waals surface area contributed by atoms with Crippen LogP contribution in [0, 0.1) is 17.3 Å². The van der Waals surface area contributed by atoms with Gasteiger partial charge in [-0.1, -0.05) is 29.5 Å². The number of hydrogen-bond donors (Lipinski definition) is 0. The van der Waals surface area contributed by atoms with Gasteiger partial charge in [0.15, 0.2) is 0 Å². The van der Waals surface area contributed by atoms with E-state index in [0.717, 1.165) is 10.6 Å². The summed E-state index contributed by atoms with van der Waals surface area (Å²) in [7, 11) is 0. The lowest BCUT2D eigenvalue weighted by molar-refractivity contribution is 0.571. The molecule has 0 N–H and O–H groups in total. The van der Waals surface area contributed by atoms with Gasteiger partial charge < -0.3 is 0 Å². The molecule has 13 heavy (non-hydrogen) atoms. The molecule has 0 heterocycles. The van der Waals surface area contributed by atoms with Crippen molar-refractivity contribution in [1.82, 2.24) is 0 Å².